The number of aliphatic hydroxyl groups excluding tert-OH is 1. The van der Waals surface area contributed by atoms with Gasteiger partial charge in [0.1, 0.15) is 5.78 Å². The highest BCUT2D eigenvalue weighted by molar-refractivity contribution is 5.87. The summed E-state index contributed by atoms with van der Waals surface area (Å²) in [6.45, 7) is 4.59. The Morgan fingerprint density at radius 2 is 1.91 bits per heavy atom. The van der Waals surface area contributed by atoms with Gasteiger partial charge in [0.05, 0.1) is 6.10 Å². The van der Waals surface area contributed by atoms with E-state index in [0.29, 0.717) is 29.5 Å². The number of carbonyl (C=O) groups is 1. The molecule has 22 heavy (non-hydrogen) atoms. The van der Waals surface area contributed by atoms with Crippen LogP contribution in [0, 0.1) is 39.9 Å². The average molecular weight is 303 g/mol. The summed E-state index contributed by atoms with van der Waals surface area (Å²) in [6, 6.07) is 0. The summed E-state index contributed by atoms with van der Waals surface area (Å²) in [4.78, 5) is 12.4. The normalized spacial score (nSPS) is 54.6. The van der Waals surface area contributed by atoms with E-state index in [1.54, 1.807) is 0 Å². The van der Waals surface area contributed by atoms with Crippen LogP contribution in [0.5, 0.6) is 0 Å². The van der Waals surface area contributed by atoms with Gasteiger partial charge in [-0.3, -0.25) is 4.79 Å². The van der Waals surface area contributed by atoms with Gasteiger partial charge < -0.3 is 10.5 Å². The van der Waals surface area contributed by atoms with E-state index in [4.69, 9.17) is 5.41 Å². The molecule has 0 saturated heterocycles. The first-order valence-electron chi connectivity index (χ1n) is 9.14. The van der Waals surface area contributed by atoms with E-state index >= 15 is 0 Å². The number of Topliss-reactive ketones (excluding diaryl/α,β-unsaturated/α-hetero) is 1. The minimum absolute atomic E-state index is 0.160. The maximum absolute atomic E-state index is 12.4. The molecule has 4 rings (SSSR count). The Hall–Kier alpha value is -0.700. The Labute approximate surface area is 133 Å². The lowest BCUT2D eigenvalue weighted by molar-refractivity contribution is -0.157. The molecule has 4 saturated carbocycles. The summed E-state index contributed by atoms with van der Waals surface area (Å²) in [5, 5.41) is 19.0. The summed E-state index contributed by atoms with van der Waals surface area (Å²) in [5.41, 5.74) is 0.999. The van der Waals surface area contributed by atoms with Gasteiger partial charge in [-0.25, -0.2) is 0 Å². The third kappa shape index (κ3) is 1.78. The van der Waals surface area contributed by atoms with Gasteiger partial charge in [0.2, 0.25) is 0 Å². The number of nitrogens with one attached hydrogen (secondary N) is 1. The summed E-state index contributed by atoms with van der Waals surface area (Å²) >= 11 is 0. The first kappa shape index (κ1) is 14.9. The SMILES string of the molecule is C[C@]12CCC(=N)CC1CC(O)[C@@H]1[C@H]2CC[C@]2(C)C(=O)CC[C@@H]12. The molecule has 3 heteroatoms. The lowest BCUT2D eigenvalue weighted by Gasteiger charge is -2.60. The number of hydrogen-bond donors (Lipinski definition) is 2. The Balaban J connectivity index is 1.70. The van der Waals surface area contributed by atoms with E-state index in [9.17, 15) is 9.90 Å². The molecule has 0 bridgehead atoms. The predicted molar refractivity (Wildman–Crippen MR) is 85.9 cm³/mol. The summed E-state index contributed by atoms with van der Waals surface area (Å²) in [5.74, 6) is 2.19. The number of ketones is 1. The van der Waals surface area contributed by atoms with Crippen LogP contribution >= 0.6 is 0 Å². The molecule has 0 aliphatic heterocycles. The predicted octanol–water partition coefficient (Wildman–Crippen LogP) is 3.59. The molecule has 0 radical (unpaired) electrons. The molecule has 0 amide bonds. The van der Waals surface area contributed by atoms with Crippen LogP contribution in [0.15, 0.2) is 0 Å². The molecule has 0 heterocycles. The van der Waals surface area contributed by atoms with E-state index in [0.717, 1.165) is 57.1 Å². The molecule has 4 aliphatic carbocycles. The zero-order chi connectivity index (χ0) is 15.7. The van der Waals surface area contributed by atoms with Crippen molar-refractivity contribution >= 4 is 11.5 Å². The summed E-state index contributed by atoms with van der Waals surface area (Å²) in [7, 11) is 0. The van der Waals surface area contributed by atoms with Crippen LogP contribution in [0.3, 0.4) is 0 Å². The van der Waals surface area contributed by atoms with Crippen molar-refractivity contribution in [3.05, 3.63) is 0 Å². The lowest BCUT2D eigenvalue weighted by Crippen LogP contribution is -2.58. The molecular formula is C19H29NO2. The zero-order valence-electron chi connectivity index (χ0n) is 13.9. The smallest absolute Gasteiger partial charge is 0.139 e. The number of aliphatic hydroxyl groups is 1. The van der Waals surface area contributed by atoms with Crippen LogP contribution in [-0.4, -0.2) is 22.7 Å². The van der Waals surface area contributed by atoms with Crippen LogP contribution in [0.1, 0.15) is 65.2 Å². The lowest BCUT2D eigenvalue weighted by atomic mass is 9.44. The molecule has 0 spiro atoms. The van der Waals surface area contributed by atoms with Crippen LogP contribution in [-0.2, 0) is 4.79 Å². The van der Waals surface area contributed by atoms with Crippen molar-refractivity contribution in [3.8, 4) is 0 Å². The Kier molecular flexibility index (Phi) is 3.15. The number of carbonyl (C=O) groups excluding carboxylic acids is 1. The molecule has 2 unspecified atom stereocenters. The molecule has 2 N–H and O–H groups in total. The van der Waals surface area contributed by atoms with Crippen molar-refractivity contribution < 1.29 is 9.90 Å². The topological polar surface area (TPSA) is 61.1 Å². The van der Waals surface area contributed by atoms with E-state index in [1.165, 1.54) is 0 Å². The van der Waals surface area contributed by atoms with Crippen LogP contribution in [0.2, 0.25) is 0 Å². The molecule has 0 aromatic carbocycles. The highest BCUT2D eigenvalue weighted by atomic mass is 16.3. The van der Waals surface area contributed by atoms with Gasteiger partial charge >= 0.3 is 0 Å². The van der Waals surface area contributed by atoms with Crippen molar-refractivity contribution in [2.24, 2.45) is 34.5 Å². The highest BCUT2D eigenvalue weighted by Gasteiger charge is 2.62. The molecule has 0 aromatic heterocycles. The molecule has 7 atom stereocenters. The molecule has 122 valence electrons. The van der Waals surface area contributed by atoms with Gasteiger partial charge in [0.15, 0.2) is 0 Å². The second kappa shape index (κ2) is 4.66. The Morgan fingerprint density at radius 3 is 2.68 bits per heavy atom. The third-order valence-corrected chi connectivity index (χ3v) is 8.25. The molecule has 3 nitrogen and oxygen atoms in total. The van der Waals surface area contributed by atoms with Crippen LogP contribution in [0.4, 0.5) is 0 Å². The Bertz CT molecular complexity index is 530. The minimum atomic E-state index is -0.260. The van der Waals surface area contributed by atoms with Gasteiger partial charge in [-0.05, 0) is 74.0 Å². The number of rotatable bonds is 0. The maximum Gasteiger partial charge on any atom is 0.139 e. The number of fused-ring (bicyclic) bond motifs is 5. The first-order valence-corrected chi connectivity index (χ1v) is 9.14. The van der Waals surface area contributed by atoms with Gasteiger partial charge in [-0.2, -0.15) is 0 Å². The van der Waals surface area contributed by atoms with Crippen molar-refractivity contribution in [2.45, 2.75) is 71.3 Å². The first-order chi connectivity index (χ1) is 10.4. The zero-order valence-corrected chi connectivity index (χ0v) is 13.9. The van der Waals surface area contributed by atoms with E-state index in [1.807, 2.05) is 0 Å². The fraction of sp³-hybridized carbons (Fsp3) is 0.895. The van der Waals surface area contributed by atoms with E-state index in [2.05, 4.69) is 13.8 Å². The summed E-state index contributed by atoms with van der Waals surface area (Å²) < 4.78 is 0. The molecular weight excluding hydrogens is 274 g/mol. The average Bonchev–Trinajstić information content (AvgIpc) is 2.77. The second-order valence-electron chi connectivity index (χ2n) is 9.02. The molecule has 4 fully saturated rings. The summed E-state index contributed by atoms with van der Waals surface area (Å²) in [6.07, 6.45) is 7.36. The van der Waals surface area contributed by atoms with Crippen molar-refractivity contribution in [2.75, 3.05) is 0 Å². The fourth-order valence-corrected chi connectivity index (χ4v) is 6.82. The minimum Gasteiger partial charge on any atom is -0.393 e. The van der Waals surface area contributed by atoms with Crippen molar-refractivity contribution in [3.63, 3.8) is 0 Å². The standard InChI is InChI=1S/C19H29NO2/c1-18-7-5-12(20)9-11(18)10-15(21)17-13-3-4-16(22)19(13,2)8-6-14(17)18/h11,13-15,17,20-21H,3-10H2,1-2H3/t11?,13-,14+,15?,17-,18-,19-/m0/s1. The molecule has 4 aliphatic rings. The van der Waals surface area contributed by atoms with Gasteiger partial charge in [0.25, 0.3) is 0 Å². The third-order valence-electron chi connectivity index (χ3n) is 8.25. The van der Waals surface area contributed by atoms with Gasteiger partial charge in [-0.1, -0.05) is 13.8 Å². The van der Waals surface area contributed by atoms with E-state index < -0.39 is 0 Å². The monoisotopic (exact) mass is 303 g/mol. The highest BCUT2D eigenvalue weighted by Crippen LogP contribution is 2.65. The van der Waals surface area contributed by atoms with Crippen molar-refractivity contribution in [1.82, 2.24) is 0 Å². The molecule has 0 aromatic rings. The van der Waals surface area contributed by atoms with Crippen molar-refractivity contribution in [1.29, 1.82) is 5.41 Å². The maximum atomic E-state index is 12.4. The van der Waals surface area contributed by atoms with Gasteiger partial charge in [-0.15, -0.1) is 0 Å². The van der Waals surface area contributed by atoms with Crippen LogP contribution < -0.4 is 0 Å². The Morgan fingerprint density at radius 1 is 1.14 bits per heavy atom. The second-order valence-corrected chi connectivity index (χ2v) is 9.02. The van der Waals surface area contributed by atoms with E-state index in [-0.39, 0.29) is 16.9 Å². The number of hydrogen-bond acceptors (Lipinski definition) is 3. The van der Waals surface area contributed by atoms with Crippen LogP contribution in [0.25, 0.3) is 0 Å². The van der Waals surface area contributed by atoms with Gasteiger partial charge in [0, 0.05) is 17.5 Å². The fourth-order valence-electron chi connectivity index (χ4n) is 6.82. The quantitative estimate of drug-likeness (QED) is 0.718. The largest absolute Gasteiger partial charge is 0.393 e.